The maximum absolute atomic E-state index is 6.36. The maximum atomic E-state index is 6.36. The van der Waals surface area contributed by atoms with Crippen molar-refractivity contribution in [2.45, 2.75) is 38.5 Å². The van der Waals surface area contributed by atoms with E-state index in [9.17, 15) is 0 Å². The molecule has 3 fully saturated rings. The van der Waals surface area contributed by atoms with Gasteiger partial charge in [-0.05, 0) is 37.5 Å². The monoisotopic (exact) mass is 519 g/mol. The van der Waals surface area contributed by atoms with Gasteiger partial charge >= 0.3 is 0 Å². The molecule has 0 amide bonds. The Morgan fingerprint density at radius 3 is 2.61 bits per heavy atom. The van der Waals surface area contributed by atoms with Gasteiger partial charge in [-0.25, -0.2) is 4.99 Å². The van der Waals surface area contributed by atoms with Crippen LogP contribution in [-0.4, -0.2) is 55.9 Å². The first-order valence-electron chi connectivity index (χ1n) is 9.99. The number of guanidine groups is 1. The van der Waals surface area contributed by atoms with Crippen LogP contribution in [0.4, 0.5) is 0 Å². The number of likely N-dealkylation sites (tertiary alicyclic amines) is 1. The highest BCUT2D eigenvalue weighted by Gasteiger charge is 2.53. The lowest BCUT2D eigenvalue weighted by molar-refractivity contribution is 0.0767. The third-order valence-electron chi connectivity index (χ3n) is 6.16. The van der Waals surface area contributed by atoms with Crippen molar-refractivity contribution in [3.63, 3.8) is 0 Å². The summed E-state index contributed by atoms with van der Waals surface area (Å²) in [5, 5.41) is 4.05. The Morgan fingerprint density at radius 1 is 1.18 bits per heavy atom. The lowest BCUT2D eigenvalue weighted by Gasteiger charge is -2.23. The van der Waals surface area contributed by atoms with Gasteiger partial charge in [0.1, 0.15) is 13.2 Å². The topological polar surface area (TPSA) is 55.3 Å². The summed E-state index contributed by atoms with van der Waals surface area (Å²) in [6, 6.07) is 3.91. The van der Waals surface area contributed by atoms with Crippen LogP contribution in [-0.2, 0) is 11.3 Å². The van der Waals surface area contributed by atoms with Crippen LogP contribution in [0.15, 0.2) is 17.1 Å². The second-order valence-electron chi connectivity index (χ2n) is 7.80. The first-order valence-corrected chi connectivity index (χ1v) is 10.4. The van der Waals surface area contributed by atoms with E-state index in [0.29, 0.717) is 60.3 Å². The van der Waals surface area contributed by atoms with Crippen LogP contribution in [0.1, 0.15) is 25.3 Å². The molecule has 5 rings (SSSR count). The number of nitrogens with zero attached hydrogens (tertiary/aromatic N) is 2. The lowest BCUT2D eigenvalue weighted by atomic mass is 9.82. The second kappa shape index (κ2) is 8.44. The largest absolute Gasteiger partial charge is 0.486 e. The van der Waals surface area contributed by atoms with Gasteiger partial charge in [0, 0.05) is 31.5 Å². The number of benzene rings is 1. The van der Waals surface area contributed by atoms with Crippen molar-refractivity contribution in [1.29, 1.82) is 0 Å². The molecule has 0 aromatic heterocycles. The molecule has 4 unspecified atom stereocenters. The Hall–Kier alpha value is -0.930. The number of rotatable bonds is 3. The number of halogens is 2. The van der Waals surface area contributed by atoms with Crippen LogP contribution < -0.4 is 14.8 Å². The number of hydrogen-bond acceptors (Lipinski definition) is 4. The zero-order valence-electron chi connectivity index (χ0n) is 16.0. The molecule has 4 atom stereocenters. The summed E-state index contributed by atoms with van der Waals surface area (Å²) in [6.07, 6.45) is 3.38. The highest BCUT2D eigenvalue weighted by atomic mass is 127. The Labute approximate surface area is 188 Å². The van der Waals surface area contributed by atoms with Crippen LogP contribution in [0.5, 0.6) is 11.5 Å². The molecule has 4 heterocycles. The van der Waals surface area contributed by atoms with Gasteiger partial charge in [-0.1, -0.05) is 11.6 Å². The van der Waals surface area contributed by atoms with Gasteiger partial charge in [0.05, 0.1) is 23.8 Å². The fourth-order valence-corrected chi connectivity index (χ4v) is 5.27. The molecule has 4 aliphatic rings. The highest BCUT2D eigenvalue weighted by molar-refractivity contribution is 14.0. The Kier molecular flexibility index (Phi) is 6.13. The van der Waals surface area contributed by atoms with Gasteiger partial charge in [0.25, 0.3) is 0 Å². The van der Waals surface area contributed by atoms with Gasteiger partial charge < -0.3 is 24.4 Å². The Morgan fingerprint density at radius 2 is 1.89 bits per heavy atom. The van der Waals surface area contributed by atoms with Crippen molar-refractivity contribution in [1.82, 2.24) is 10.2 Å². The molecular formula is C20H27ClIN3O3. The molecule has 1 aromatic carbocycles. The summed E-state index contributed by atoms with van der Waals surface area (Å²) in [7, 11) is 0. The predicted molar refractivity (Wildman–Crippen MR) is 119 cm³/mol. The maximum Gasteiger partial charge on any atom is 0.194 e. The third kappa shape index (κ3) is 3.65. The van der Waals surface area contributed by atoms with Crippen molar-refractivity contribution in [2.75, 3.05) is 32.8 Å². The van der Waals surface area contributed by atoms with Crippen molar-refractivity contribution in [3.05, 3.63) is 22.7 Å². The number of aliphatic imine (C=N–C) groups is 1. The SMILES string of the molecule is CCNC(=NCc1cc(Cl)c2c(c1)OCCO2)N1CC2C3CCC(O3)C2C1.I. The summed E-state index contributed by atoms with van der Waals surface area (Å²) in [4.78, 5) is 7.30. The lowest BCUT2D eigenvalue weighted by Crippen LogP contribution is -2.41. The molecule has 0 saturated carbocycles. The van der Waals surface area contributed by atoms with Crippen LogP contribution >= 0.6 is 35.6 Å². The molecule has 6 nitrogen and oxygen atoms in total. The normalized spacial score (nSPS) is 30.2. The van der Waals surface area contributed by atoms with E-state index in [-0.39, 0.29) is 24.0 Å². The van der Waals surface area contributed by atoms with E-state index < -0.39 is 0 Å². The second-order valence-corrected chi connectivity index (χ2v) is 8.20. The average Bonchev–Trinajstić information content (AvgIpc) is 3.38. The minimum absolute atomic E-state index is 0. The zero-order valence-corrected chi connectivity index (χ0v) is 19.1. The Bertz CT molecular complexity index is 744. The molecule has 8 heteroatoms. The van der Waals surface area contributed by atoms with E-state index >= 15 is 0 Å². The molecule has 0 aliphatic carbocycles. The Balaban J connectivity index is 0.00000192. The summed E-state index contributed by atoms with van der Waals surface area (Å²) in [6.45, 7) is 6.71. The van der Waals surface area contributed by atoms with Crippen LogP contribution in [0.2, 0.25) is 5.02 Å². The molecular weight excluding hydrogens is 493 g/mol. The third-order valence-corrected chi connectivity index (χ3v) is 6.44. The van der Waals surface area contributed by atoms with Crippen LogP contribution in [0.25, 0.3) is 0 Å². The van der Waals surface area contributed by atoms with E-state index in [1.807, 2.05) is 12.1 Å². The van der Waals surface area contributed by atoms with E-state index in [1.54, 1.807) is 0 Å². The van der Waals surface area contributed by atoms with E-state index in [1.165, 1.54) is 12.8 Å². The number of fused-ring (bicyclic) bond motifs is 6. The van der Waals surface area contributed by atoms with Crippen molar-refractivity contribution in [2.24, 2.45) is 16.8 Å². The average molecular weight is 520 g/mol. The molecule has 2 bridgehead atoms. The molecule has 4 aliphatic heterocycles. The van der Waals surface area contributed by atoms with Gasteiger partial charge in [-0.3, -0.25) is 0 Å². The summed E-state index contributed by atoms with van der Waals surface area (Å²) in [5.74, 6) is 3.67. The zero-order chi connectivity index (χ0) is 18.4. The molecule has 1 N–H and O–H groups in total. The molecule has 154 valence electrons. The first kappa shape index (κ1) is 20.3. The smallest absolute Gasteiger partial charge is 0.194 e. The van der Waals surface area contributed by atoms with Crippen LogP contribution in [0, 0.1) is 11.8 Å². The molecule has 0 radical (unpaired) electrons. The molecule has 28 heavy (non-hydrogen) atoms. The number of hydrogen-bond donors (Lipinski definition) is 1. The summed E-state index contributed by atoms with van der Waals surface area (Å²) >= 11 is 6.36. The predicted octanol–water partition coefficient (Wildman–Crippen LogP) is 3.30. The van der Waals surface area contributed by atoms with Gasteiger partial charge in [-0.2, -0.15) is 0 Å². The summed E-state index contributed by atoms with van der Waals surface area (Å²) < 4.78 is 17.4. The van der Waals surface area contributed by atoms with Gasteiger partial charge in [-0.15, -0.1) is 24.0 Å². The highest BCUT2D eigenvalue weighted by Crippen LogP contribution is 2.47. The van der Waals surface area contributed by atoms with E-state index in [2.05, 4.69) is 17.1 Å². The summed E-state index contributed by atoms with van der Waals surface area (Å²) in [5.41, 5.74) is 1.03. The van der Waals surface area contributed by atoms with Gasteiger partial charge in [0.2, 0.25) is 0 Å². The first-order chi connectivity index (χ1) is 13.2. The molecule has 1 aromatic rings. The standard InChI is InChI=1S/C20H26ClN3O3.HI/c1-2-22-20(24-10-13-14(11-24)17-4-3-16(13)27-17)23-9-12-7-15(21)19-18(8-12)25-5-6-26-19;/h7-8,13-14,16-17H,2-6,9-11H2,1H3,(H,22,23);1H. The fraction of sp³-hybridized carbons (Fsp3) is 0.650. The van der Waals surface area contributed by atoms with E-state index in [0.717, 1.165) is 31.2 Å². The minimum Gasteiger partial charge on any atom is -0.486 e. The number of ether oxygens (including phenoxy) is 3. The fourth-order valence-electron chi connectivity index (χ4n) is 4.98. The molecule has 3 saturated heterocycles. The van der Waals surface area contributed by atoms with Crippen LogP contribution in [0.3, 0.4) is 0 Å². The van der Waals surface area contributed by atoms with E-state index in [4.69, 9.17) is 30.8 Å². The number of nitrogens with one attached hydrogen (secondary N) is 1. The van der Waals surface area contributed by atoms with Crippen molar-refractivity contribution in [3.8, 4) is 11.5 Å². The van der Waals surface area contributed by atoms with Gasteiger partial charge in [0.15, 0.2) is 17.5 Å². The van der Waals surface area contributed by atoms with Crippen molar-refractivity contribution >= 4 is 41.5 Å². The quantitative estimate of drug-likeness (QED) is 0.377. The molecule has 0 spiro atoms. The minimum atomic E-state index is 0. The van der Waals surface area contributed by atoms with Crippen molar-refractivity contribution < 1.29 is 14.2 Å².